The largest absolute Gasteiger partial charge is 0.291 e. The third-order valence-corrected chi connectivity index (χ3v) is 6.43. The van der Waals surface area contributed by atoms with Crippen LogP contribution in [0, 0.1) is 20.8 Å². The molecule has 6 aromatic rings. The molecule has 0 atom stereocenters. The molecule has 32 heavy (non-hydrogen) atoms. The first-order valence-corrected chi connectivity index (χ1v) is 11.1. The van der Waals surface area contributed by atoms with Crippen molar-refractivity contribution in [2.24, 2.45) is 0 Å². The van der Waals surface area contributed by atoms with Crippen LogP contribution >= 0.6 is 0 Å². The van der Waals surface area contributed by atoms with Gasteiger partial charge in [-0.2, -0.15) is 0 Å². The lowest BCUT2D eigenvalue weighted by Gasteiger charge is -2.11. The Bertz CT molecular complexity index is 1550. The van der Waals surface area contributed by atoms with E-state index < -0.39 is 0 Å². The summed E-state index contributed by atoms with van der Waals surface area (Å²) < 4.78 is 2.35. The van der Waals surface area contributed by atoms with Crippen molar-refractivity contribution in [1.29, 1.82) is 0 Å². The highest BCUT2D eigenvalue weighted by atomic mass is 15.0. The van der Waals surface area contributed by atoms with E-state index in [-0.39, 0.29) is 0 Å². The zero-order chi connectivity index (χ0) is 21.8. The second-order valence-corrected chi connectivity index (χ2v) is 8.67. The highest BCUT2D eigenvalue weighted by Crippen LogP contribution is 2.46. The predicted molar refractivity (Wildman–Crippen MR) is 134 cm³/mol. The molecule has 3 heterocycles. The monoisotopic (exact) mass is 412 g/mol. The summed E-state index contributed by atoms with van der Waals surface area (Å²) in [5, 5.41) is 0. The van der Waals surface area contributed by atoms with Gasteiger partial charge >= 0.3 is 0 Å². The van der Waals surface area contributed by atoms with E-state index in [0.717, 1.165) is 11.3 Å². The fourth-order valence-electron chi connectivity index (χ4n) is 5.28. The van der Waals surface area contributed by atoms with Crippen molar-refractivity contribution in [3.05, 3.63) is 108 Å². The summed E-state index contributed by atoms with van der Waals surface area (Å²) >= 11 is 0. The molecule has 0 bridgehead atoms. The van der Waals surface area contributed by atoms with Gasteiger partial charge in [0.05, 0.1) is 16.7 Å². The van der Waals surface area contributed by atoms with E-state index in [4.69, 9.17) is 4.98 Å². The molecule has 3 aromatic heterocycles. The summed E-state index contributed by atoms with van der Waals surface area (Å²) in [6, 6.07) is 32.4. The number of aryl methyl sites for hydroxylation is 3. The smallest absolute Gasteiger partial charge is 0.138 e. The summed E-state index contributed by atoms with van der Waals surface area (Å²) in [7, 11) is 0. The van der Waals surface area contributed by atoms with Crippen LogP contribution in [-0.4, -0.2) is 9.38 Å². The van der Waals surface area contributed by atoms with Crippen LogP contribution in [0.15, 0.2) is 91.0 Å². The Labute approximate surface area is 188 Å². The van der Waals surface area contributed by atoms with Gasteiger partial charge in [0.1, 0.15) is 5.65 Å². The molecule has 0 aliphatic rings. The number of nitrogens with zero attached hydrogens (tertiary/aromatic N) is 2. The van der Waals surface area contributed by atoms with E-state index in [9.17, 15) is 0 Å². The second-order valence-electron chi connectivity index (χ2n) is 8.67. The van der Waals surface area contributed by atoms with Gasteiger partial charge in [0, 0.05) is 16.7 Å². The zero-order valence-electron chi connectivity index (χ0n) is 18.6. The Morgan fingerprint density at radius 2 is 1.19 bits per heavy atom. The average molecular weight is 413 g/mol. The Morgan fingerprint density at radius 3 is 1.81 bits per heavy atom. The van der Waals surface area contributed by atoms with Crippen LogP contribution in [0.25, 0.3) is 50.2 Å². The molecule has 3 aromatic carbocycles. The molecule has 0 fully saturated rings. The number of pyridine rings is 1. The van der Waals surface area contributed by atoms with E-state index in [1.807, 2.05) is 0 Å². The van der Waals surface area contributed by atoms with Crippen molar-refractivity contribution in [3.8, 4) is 33.5 Å². The second kappa shape index (κ2) is 7.06. The van der Waals surface area contributed by atoms with Gasteiger partial charge < -0.3 is 0 Å². The summed E-state index contributed by atoms with van der Waals surface area (Å²) in [5.41, 5.74) is 14.5. The standard InChI is InChI=1S/C30H24N2/c1-19-17-20(2)26(21(3)18-19)29-30-28(23-13-8-5-9-14-23)27(22-11-6-4-7-12-22)24-15-10-16-25(31-29)32(24)30/h4-18H,1-3H3. The lowest BCUT2D eigenvalue weighted by molar-refractivity contribution is 1.29. The molecule has 0 unspecified atom stereocenters. The molecule has 0 saturated heterocycles. The summed E-state index contributed by atoms with van der Waals surface area (Å²) in [6.07, 6.45) is 0. The predicted octanol–water partition coefficient (Wildman–Crippen LogP) is 7.85. The first kappa shape index (κ1) is 18.8. The van der Waals surface area contributed by atoms with Gasteiger partial charge in [-0.1, -0.05) is 84.4 Å². The summed E-state index contributed by atoms with van der Waals surface area (Å²) in [5.74, 6) is 0. The van der Waals surface area contributed by atoms with Gasteiger partial charge in [-0.3, -0.25) is 4.40 Å². The molecule has 2 nitrogen and oxygen atoms in total. The number of imidazole rings is 1. The van der Waals surface area contributed by atoms with Crippen molar-refractivity contribution in [2.75, 3.05) is 0 Å². The minimum Gasteiger partial charge on any atom is -0.291 e. The topological polar surface area (TPSA) is 17.3 Å². The molecule has 154 valence electrons. The number of benzene rings is 3. The molecule has 0 N–H and O–H groups in total. The Kier molecular flexibility index (Phi) is 4.16. The molecule has 0 spiro atoms. The lowest BCUT2D eigenvalue weighted by atomic mass is 9.92. The van der Waals surface area contributed by atoms with Crippen LogP contribution < -0.4 is 0 Å². The van der Waals surface area contributed by atoms with Crippen molar-refractivity contribution >= 4 is 16.7 Å². The lowest BCUT2D eigenvalue weighted by Crippen LogP contribution is -1.92. The van der Waals surface area contributed by atoms with Crippen molar-refractivity contribution in [1.82, 2.24) is 9.38 Å². The Hall–Kier alpha value is -3.91. The minimum absolute atomic E-state index is 0.992. The van der Waals surface area contributed by atoms with Gasteiger partial charge in [0.2, 0.25) is 0 Å². The normalized spacial score (nSPS) is 11.6. The SMILES string of the molecule is Cc1cc(C)c(-c2nc3cccc4c(-c5ccccc5)c(-c5ccccc5)c2n34)c(C)c1. The summed E-state index contributed by atoms with van der Waals surface area (Å²) in [6.45, 7) is 6.56. The Balaban J connectivity index is 1.83. The third-order valence-electron chi connectivity index (χ3n) is 6.43. The van der Waals surface area contributed by atoms with Crippen LogP contribution in [-0.2, 0) is 0 Å². The highest BCUT2D eigenvalue weighted by Gasteiger charge is 2.26. The van der Waals surface area contributed by atoms with Gasteiger partial charge in [-0.25, -0.2) is 4.98 Å². The summed E-state index contributed by atoms with van der Waals surface area (Å²) in [4.78, 5) is 5.18. The van der Waals surface area contributed by atoms with Crippen molar-refractivity contribution < 1.29 is 0 Å². The molecular formula is C30H24N2. The number of rotatable bonds is 3. The first-order valence-electron chi connectivity index (χ1n) is 11.1. The van der Waals surface area contributed by atoms with E-state index in [1.54, 1.807) is 0 Å². The number of aromatic nitrogens is 2. The molecule has 0 radical (unpaired) electrons. The highest BCUT2D eigenvalue weighted by molar-refractivity contribution is 6.09. The van der Waals surface area contributed by atoms with Gasteiger partial charge in [-0.15, -0.1) is 0 Å². The molecule has 0 aliphatic carbocycles. The average Bonchev–Trinajstić information content (AvgIpc) is 3.34. The van der Waals surface area contributed by atoms with Gasteiger partial charge in [0.25, 0.3) is 0 Å². The van der Waals surface area contributed by atoms with Crippen LogP contribution in [0.5, 0.6) is 0 Å². The fourth-order valence-corrected chi connectivity index (χ4v) is 5.28. The number of hydrogen-bond acceptors (Lipinski definition) is 1. The molecule has 2 heteroatoms. The molecule has 6 rings (SSSR count). The third kappa shape index (κ3) is 2.69. The molecule has 0 saturated carbocycles. The van der Waals surface area contributed by atoms with Crippen LogP contribution in [0.1, 0.15) is 16.7 Å². The van der Waals surface area contributed by atoms with Gasteiger partial charge in [-0.05, 0) is 55.2 Å². The van der Waals surface area contributed by atoms with E-state index >= 15 is 0 Å². The molecular weight excluding hydrogens is 388 g/mol. The van der Waals surface area contributed by atoms with Gasteiger partial charge in [0.15, 0.2) is 0 Å². The van der Waals surface area contributed by atoms with E-state index in [1.165, 1.54) is 55.5 Å². The van der Waals surface area contributed by atoms with Crippen molar-refractivity contribution in [3.63, 3.8) is 0 Å². The van der Waals surface area contributed by atoms with E-state index in [2.05, 4.69) is 116 Å². The number of hydrogen-bond donors (Lipinski definition) is 0. The maximum atomic E-state index is 5.18. The maximum Gasteiger partial charge on any atom is 0.138 e. The van der Waals surface area contributed by atoms with Crippen LogP contribution in [0.2, 0.25) is 0 Å². The zero-order valence-corrected chi connectivity index (χ0v) is 18.6. The quantitative estimate of drug-likeness (QED) is 0.289. The fraction of sp³-hybridized carbons (Fsp3) is 0.100. The van der Waals surface area contributed by atoms with Crippen LogP contribution in [0.4, 0.5) is 0 Å². The molecule has 0 aliphatic heterocycles. The first-order chi connectivity index (χ1) is 15.6. The Morgan fingerprint density at radius 1 is 0.594 bits per heavy atom. The molecule has 0 amide bonds. The van der Waals surface area contributed by atoms with E-state index in [0.29, 0.717) is 0 Å². The maximum absolute atomic E-state index is 5.18. The minimum atomic E-state index is 0.992. The van der Waals surface area contributed by atoms with Crippen LogP contribution in [0.3, 0.4) is 0 Å². The van der Waals surface area contributed by atoms with Crippen molar-refractivity contribution in [2.45, 2.75) is 20.8 Å².